The third-order valence-electron chi connectivity index (χ3n) is 6.97. The quantitative estimate of drug-likeness (QED) is 0.377. The third-order valence-corrected chi connectivity index (χ3v) is 6.97. The molecule has 1 N–H and O–H groups in total. The number of para-hydroxylation sites is 3. The first kappa shape index (κ1) is 23.9. The molecule has 0 bridgehead atoms. The van der Waals surface area contributed by atoms with Crippen LogP contribution in [0.5, 0.6) is 0 Å². The van der Waals surface area contributed by atoms with E-state index in [1.54, 1.807) is 17.3 Å². The van der Waals surface area contributed by atoms with Gasteiger partial charge in [0.25, 0.3) is 5.91 Å². The Hall–Kier alpha value is -3.87. The number of fused-ring (bicyclic) bond motifs is 1. The highest BCUT2D eigenvalue weighted by Gasteiger charge is 2.37. The Morgan fingerprint density at radius 3 is 2.53 bits per heavy atom. The van der Waals surface area contributed by atoms with Crippen molar-refractivity contribution in [1.29, 1.82) is 0 Å². The zero-order chi connectivity index (χ0) is 25.1. The maximum atomic E-state index is 14.1. The molecule has 1 saturated carbocycles. The fourth-order valence-corrected chi connectivity index (χ4v) is 5.11. The van der Waals surface area contributed by atoms with Gasteiger partial charge in [0, 0.05) is 11.7 Å². The second kappa shape index (κ2) is 10.4. The molecule has 1 atom stereocenters. The molecule has 1 aliphatic rings. The van der Waals surface area contributed by atoms with E-state index in [2.05, 4.69) is 10.3 Å². The van der Waals surface area contributed by atoms with Crippen molar-refractivity contribution in [3.63, 3.8) is 0 Å². The maximum Gasteiger partial charge on any atom is 0.251 e. The average molecular weight is 485 g/mol. The van der Waals surface area contributed by atoms with Crippen LogP contribution in [0.3, 0.4) is 0 Å². The lowest BCUT2D eigenvalue weighted by atomic mass is 9.95. The van der Waals surface area contributed by atoms with Crippen molar-refractivity contribution in [2.75, 3.05) is 4.90 Å². The van der Waals surface area contributed by atoms with Crippen LogP contribution in [-0.4, -0.2) is 27.4 Å². The first-order valence-electron chi connectivity index (χ1n) is 12.7. The summed E-state index contributed by atoms with van der Waals surface area (Å²) in [6, 6.07) is 18.2. The van der Waals surface area contributed by atoms with E-state index >= 15 is 0 Å². The van der Waals surface area contributed by atoms with Gasteiger partial charge >= 0.3 is 0 Å². The minimum absolute atomic E-state index is 0.0434. The zero-order valence-corrected chi connectivity index (χ0v) is 20.8. The summed E-state index contributed by atoms with van der Waals surface area (Å²) in [6.45, 7) is 3.84. The van der Waals surface area contributed by atoms with E-state index in [1.165, 1.54) is 6.42 Å². The molecule has 2 amide bonds. The van der Waals surface area contributed by atoms with E-state index < -0.39 is 6.04 Å². The molecule has 0 unspecified atom stereocenters. The van der Waals surface area contributed by atoms with Crippen LogP contribution in [-0.2, 0) is 16.1 Å². The average Bonchev–Trinajstić information content (AvgIpc) is 3.49. The van der Waals surface area contributed by atoms with E-state index in [9.17, 15) is 9.59 Å². The van der Waals surface area contributed by atoms with E-state index in [0.717, 1.165) is 42.3 Å². The predicted octanol–water partition coefficient (Wildman–Crippen LogP) is 5.47. The minimum atomic E-state index is -0.927. The Bertz CT molecular complexity index is 1370. The zero-order valence-electron chi connectivity index (χ0n) is 20.8. The molecule has 186 valence electrons. The number of nitrogens with one attached hydrogen (secondary N) is 1. The van der Waals surface area contributed by atoms with Crippen molar-refractivity contribution in [3.05, 3.63) is 84.1 Å². The minimum Gasteiger partial charge on any atom is -0.464 e. The van der Waals surface area contributed by atoms with Crippen LogP contribution in [0, 0.1) is 13.8 Å². The van der Waals surface area contributed by atoms with Gasteiger partial charge < -0.3 is 14.3 Å². The van der Waals surface area contributed by atoms with Crippen molar-refractivity contribution < 1.29 is 14.0 Å². The molecule has 4 aromatic rings. The topological polar surface area (TPSA) is 80.4 Å². The second-order valence-electron chi connectivity index (χ2n) is 9.61. The number of hydrogen-bond acceptors (Lipinski definition) is 4. The van der Waals surface area contributed by atoms with Gasteiger partial charge in [0.2, 0.25) is 5.91 Å². The van der Waals surface area contributed by atoms with Crippen molar-refractivity contribution >= 4 is 28.5 Å². The number of carbonyl (C=O) groups is 2. The Morgan fingerprint density at radius 2 is 1.78 bits per heavy atom. The predicted molar refractivity (Wildman–Crippen MR) is 140 cm³/mol. The molecule has 7 nitrogen and oxygen atoms in total. The number of carbonyl (C=O) groups excluding carboxylic acids is 2. The summed E-state index contributed by atoms with van der Waals surface area (Å²) in [6.07, 6.45) is 6.98. The van der Waals surface area contributed by atoms with Crippen LogP contribution >= 0.6 is 0 Å². The Kier molecular flexibility index (Phi) is 6.89. The number of benzene rings is 2. The van der Waals surface area contributed by atoms with Gasteiger partial charge in [0.15, 0.2) is 6.04 Å². The summed E-state index contributed by atoms with van der Waals surface area (Å²) >= 11 is 0. The Balaban J connectivity index is 1.55. The summed E-state index contributed by atoms with van der Waals surface area (Å²) in [5.74, 6) is 0.708. The standard InChI is InChI=1S/C29H32N4O3/c1-20-10-6-8-14-24(20)33(27(34)18-32-19-30-23-13-7-9-15-25(23)32)28(26-17-16-21(2)36-26)29(35)31-22-11-4-3-5-12-22/h6-10,13-17,19,22,28H,3-5,11-12,18H2,1-2H3,(H,31,35)/t28-/m1/s1. The number of nitrogens with zero attached hydrogens (tertiary/aromatic N) is 3. The van der Waals surface area contributed by atoms with Crippen molar-refractivity contribution in [3.8, 4) is 0 Å². The molecule has 2 heterocycles. The highest BCUT2D eigenvalue weighted by Crippen LogP contribution is 2.32. The summed E-state index contributed by atoms with van der Waals surface area (Å²) in [5, 5.41) is 3.23. The molecule has 0 spiro atoms. The highest BCUT2D eigenvalue weighted by molar-refractivity contribution is 6.02. The lowest BCUT2D eigenvalue weighted by molar-refractivity contribution is -0.127. The number of aryl methyl sites for hydroxylation is 2. The van der Waals surface area contributed by atoms with Gasteiger partial charge in [-0.2, -0.15) is 0 Å². The molecule has 0 radical (unpaired) electrons. The van der Waals surface area contributed by atoms with Crippen molar-refractivity contribution in [2.45, 2.75) is 64.6 Å². The van der Waals surface area contributed by atoms with E-state index in [-0.39, 0.29) is 24.4 Å². The van der Waals surface area contributed by atoms with E-state index in [0.29, 0.717) is 17.2 Å². The molecule has 2 aromatic carbocycles. The lowest BCUT2D eigenvalue weighted by Crippen LogP contribution is -2.48. The van der Waals surface area contributed by atoms with Crippen LogP contribution in [0.25, 0.3) is 11.0 Å². The summed E-state index contributed by atoms with van der Waals surface area (Å²) < 4.78 is 7.81. The molecule has 0 saturated heterocycles. The van der Waals surface area contributed by atoms with E-state index in [4.69, 9.17) is 4.42 Å². The largest absolute Gasteiger partial charge is 0.464 e. The van der Waals surface area contributed by atoms with Crippen LogP contribution in [0.4, 0.5) is 5.69 Å². The highest BCUT2D eigenvalue weighted by atomic mass is 16.3. The van der Waals surface area contributed by atoms with Gasteiger partial charge in [-0.05, 0) is 62.6 Å². The van der Waals surface area contributed by atoms with Gasteiger partial charge in [-0.3, -0.25) is 14.5 Å². The van der Waals surface area contributed by atoms with Crippen LogP contribution in [0.1, 0.15) is 55.2 Å². The van der Waals surface area contributed by atoms with Gasteiger partial charge in [-0.1, -0.05) is 49.6 Å². The summed E-state index contributed by atoms with van der Waals surface area (Å²) in [5.41, 5.74) is 3.28. The fourth-order valence-electron chi connectivity index (χ4n) is 5.11. The monoisotopic (exact) mass is 484 g/mol. The van der Waals surface area contributed by atoms with Gasteiger partial charge in [-0.15, -0.1) is 0 Å². The van der Waals surface area contributed by atoms with Gasteiger partial charge in [0.1, 0.15) is 18.1 Å². The van der Waals surface area contributed by atoms with E-state index in [1.807, 2.05) is 73.0 Å². The van der Waals surface area contributed by atoms with Crippen molar-refractivity contribution in [1.82, 2.24) is 14.9 Å². The van der Waals surface area contributed by atoms with Crippen molar-refractivity contribution in [2.24, 2.45) is 0 Å². The number of aromatic nitrogens is 2. The smallest absolute Gasteiger partial charge is 0.251 e. The first-order chi connectivity index (χ1) is 17.5. The number of imidazole rings is 1. The normalized spacial score (nSPS) is 15.1. The van der Waals surface area contributed by atoms with Crippen LogP contribution in [0.15, 0.2) is 71.4 Å². The number of furan rings is 1. The summed E-state index contributed by atoms with van der Waals surface area (Å²) in [4.78, 5) is 34.0. The number of amides is 2. The molecule has 5 rings (SSSR count). The fraction of sp³-hybridized carbons (Fsp3) is 0.345. The molecule has 2 aromatic heterocycles. The molecule has 36 heavy (non-hydrogen) atoms. The first-order valence-corrected chi connectivity index (χ1v) is 12.7. The van der Waals surface area contributed by atoms with Gasteiger partial charge in [-0.25, -0.2) is 4.98 Å². The molecule has 1 fully saturated rings. The number of rotatable bonds is 7. The SMILES string of the molecule is Cc1ccc([C@H](C(=O)NC2CCCCC2)N(C(=O)Cn2cnc3ccccc32)c2ccccc2C)o1. The molecular formula is C29H32N4O3. The molecular weight excluding hydrogens is 452 g/mol. The maximum absolute atomic E-state index is 14.1. The number of hydrogen-bond donors (Lipinski definition) is 1. The summed E-state index contributed by atoms with van der Waals surface area (Å²) in [7, 11) is 0. The second-order valence-corrected chi connectivity index (χ2v) is 9.61. The molecule has 7 heteroatoms. The Morgan fingerprint density at radius 1 is 1.03 bits per heavy atom. The van der Waals surface area contributed by atoms with Crippen LogP contribution < -0.4 is 10.2 Å². The Labute approximate surface area is 211 Å². The van der Waals surface area contributed by atoms with Gasteiger partial charge in [0.05, 0.1) is 17.4 Å². The molecule has 1 aliphatic carbocycles. The third kappa shape index (κ3) is 4.91. The molecule has 0 aliphatic heterocycles. The van der Waals surface area contributed by atoms with Crippen LogP contribution in [0.2, 0.25) is 0 Å². The number of anilines is 1. The lowest BCUT2D eigenvalue weighted by Gasteiger charge is -2.33.